The van der Waals surface area contributed by atoms with Gasteiger partial charge in [-0.05, 0) is 36.1 Å². The van der Waals surface area contributed by atoms with E-state index >= 15 is 0 Å². The highest BCUT2D eigenvalue weighted by atomic mass is 79.9. The molecular weight excluding hydrogens is 312 g/mol. The van der Waals surface area contributed by atoms with Crippen LogP contribution in [0.15, 0.2) is 33.4 Å². The molecule has 1 aromatic carbocycles. The fraction of sp³-hybridized carbons (Fsp3) is 0.0769. The van der Waals surface area contributed by atoms with Crippen LogP contribution in [0.5, 0.6) is 0 Å². The van der Waals surface area contributed by atoms with E-state index in [1.54, 1.807) is 23.6 Å². The Morgan fingerprint density at radius 1 is 1.44 bits per heavy atom. The molecule has 5 heteroatoms. The minimum atomic E-state index is -0.187. The van der Waals surface area contributed by atoms with Crippen LogP contribution in [0.4, 0.5) is 5.69 Å². The Kier molecular flexibility index (Phi) is 3.80. The summed E-state index contributed by atoms with van der Waals surface area (Å²) in [6.45, 7) is 1.89. The van der Waals surface area contributed by atoms with Gasteiger partial charge < -0.3 is 5.32 Å². The van der Waals surface area contributed by atoms with Gasteiger partial charge in [0.25, 0.3) is 5.91 Å². The number of rotatable bonds is 2. The summed E-state index contributed by atoms with van der Waals surface area (Å²) in [6, 6.07) is 7.24. The molecule has 0 aliphatic heterocycles. The molecule has 1 amide bonds. The molecule has 0 saturated carbocycles. The van der Waals surface area contributed by atoms with Crippen LogP contribution in [0.25, 0.3) is 0 Å². The van der Waals surface area contributed by atoms with Crippen molar-refractivity contribution in [3.63, 3.8) is 0 Å². The van der Waals surface area contributed by atoms with E-state index in [0.29, 0.717) is 16.8 Å². The number of nitrogens with one attached hydrogen (secondary N) is 1. The molecule has 0 spiro atoms. The zero-order chi connectivity index (χ0) is 13.1. The molecule has 3 nitrogen and oxygen atoms in total. The zero-order valence-electron chi connectivity index (χ0n) is 9.53. The van der Waals surface area contributed by atoms with Crippen molar-refractivity contribution in [2.24, 2.45) is 0 Å². The number of aryl methyl sites for hydroxylation is 1. The second-order valence-corrected chi connectivity index (χ2v) is 5.38. The lowest BCUT2D eigenvalue weighted by Crippen LogP contribution is -2.13. The number of hydrogen-bond acceptors (Lipinski definition) is 3. The minimum Gasteiger partial charge on any atom is -0.321 e. The van der Waals surface area contributed by atoms with Crippen LogP contribution in [0.3, 0.4) is 0 Å². The third-order valence-electron chi connectivity index (χ3n) is 2.45. The maximum atomic E-state index is 12.0. The van der Waals surface area contributed by atoms with Crippen molar-refractivity contribution >= 4 is 38.9 Å². The van der Waals surface area contributed by atoms with Crippen LogP contribution < -0.4 is 5.32 Å². The SMILES string of the molecule is Cc1cscc1C(=O)Nc1ccc(Br)cc1C#N. The third-order valence-corrected chi connectivity index (χ3v) is 3.81. The summed E-state index contributed by atoms with van der Waals surface area (Å²) in [5.41, 5.74) is 2.54. The number of thiophene rings is 1. The van der Waals surface area contributed by atoms with E-state index in [1.807, 2.05) is 12.3 Å². The van der Waals surface area contributed by atoms with Gasteiger partial charge in [0, 0.05) is 9.85 Å². The summed E-state index contributed by atoms with van der Waals surface area (Å²) in [5, 5.41) is 15.5. The normalized spacial score (nSPS) is 9.83. The van der Waals surface area contributed by atoms with Crippen molar-refractivity contribution < 1.29 is 4.79 Å². The van der Waals surface area contributed by atoms with Crippen molar-refractivity contribution in [1.29, 1.82) is 5.26 Å². The number of hydrogen-bond donors (Lipinski definition) is 1. The van der Waals surface area contributed by atoms with Gasteiger partial charge in [0.2, 0.25) is 0 Å². The number of amides is 1. The summed E-state index contributed by atoms with van der Waals surface area (Å²) in [6.07, 6.45) is 0. The second-order valence-electron chi connectivity index (χ2n) is 3.72. The number of halogens is 1. The fourth-order valence-electron chi connectivity index (χ4n) is 1.50. The van der Waals surface area contributed by atoms with Crippen LogP contribution in [-0.2, 0) is 0 Å². The maximum Gasteiger partial charge on any atom is 0.256 e. The standard InChI is InChI=1S/C13H9BrN2OS/c1-8-6-18-7-11(8)13(17)16-12-3-2-10(14)4-9(12)5-15/h2-4,6-7H,1H3,(H,16,17). The summed E-state index contributed by atoms with van der Waals surface area (Å²) in [7, 11) is 0. The molecule has 0 aliphatic rings. The lowest BCUT2D eigenvalue weighted by atomic mass is 10.1. The predicted octanol–water partition coefficient (Wildman–Crippen LogP) is 3.94. The number of anilines is 1. The second kappa shape index (κ2) is 5.34. The monoisotopic (exact) mass is 320 g/mol. The van der Waals surface area contributed by atoms with Gasteiger partial charge in [-0.2, -0.15) is 16.6 Å². The molecule has 2 rings (SSSR count). The van der Waals surface area contributed by atoms with E-state index in [2.05, 4.69) is 27.3 Å². The Balaban J connectivity index is 2.28. The highest BCUT2D eigenvalue weighted by Gasteiger charge is 2.12. The largest absolute Gasteiger partial charge is 0.321 e. The summed E-state index contributed by atoms with van der Waals surface area (Å²) < 4.78 is 0.809. The highest BCUT2D eigenvalue weighted by Crippen LogP contribution is 2.22. The Labute approximate surface area is 117 Å². The van der Waals surface area contributed by atoms with E-state index in [-0.39, 0.29) is 5.91 Å². The van der Waals surface area contributed by atoms with Crippen LogP contribution in [0.1, 0.15) is 21.5 Å². The predicted molar refractivity (Wildman–Crippen MR) is 75.9 cm³/mol. The molecule has 1 aromatic heterocycles. The number of carbonyl (C=O) groups excluding carboxylic acids is 1. The smallest absolute Gasteiger partial charge is 0.256 e. The first-order valence-electron chi connectivity index (χ1n) is 5.15. The van der Waals surface area contributed by atoms with E-state index in [1.165, 1.54) is 11.3 Å². The van der Waals surface area contributed by atoms with Crippen molar-refractivity contribution in [3.8, 4) is 6.07 Å². The van der Waals surface area contributed by atoms with E-state index in [9.17, 15) is 4.79 Å². The van der Waals surface area contributed by atoms with Gasteiger partial charge in [-0.25, -0.2) is 0 Å². The molecule has 0 unspecified atom stereocenters. The van der Waals surface area contributed by atoms with E-state index < -0.39 is 0 Å². The molecule has 0 atom stereocenters. The van der Waals surface area contributed by atoms with Crippen molar-refractivity contribution in [2.45, 2.75) is 6.92 Å². The molecule has 18 heavy (non-hydrogen) atoms. The Bertz CT molecular complexity index is 643. The molecule has 1 heterocycles. The topological polar surface area (TPSA) is 52.9 Å². The fourth-order valence-corrected chi connectivity index (χ4v) is 2.69. The van der Waals surface area contributed by atoms with Gasteiger partial charge in [-0.1, -0.05) is 15.9 Å². The Morgan fingerprint density at radius 3 is 2.83 bits per heavy atom. The first-order valence-corrected chi connectivity index (χ1v) is 6.89. The molecule has 0 fully saturated rings. The number of nitriles is 1. The molecule has 0 saturated heterocycles. The molecule has 2 aromatic rings. The lowest BCUT2D eigenvalue weighted by molar-refractivity contribution is 0.102. The first-order chi connectivity index (χ1) is 8.61. The third kappa shape index (κ3) is 2.61. The van der Waals surface area contributed by atoms with Crippen molar-refractivity contribution in [3.05, 3.63) is 50.1 Å². The van der Waals surface area contributed by atoms with Gasteiger partial charge >= 0.3 is 0 Å². The van der Waals surface area contributed by atoms with Crippen molar-refractivity contribution in [1.82, 2.24) is 0 Å². The van der Waals surface area contributed by atoms with E-state index in [4.69, 9.17) is 5.26 Å². The molecule has 0 radical (unpaired) electrons. The summed E-state index contributed by atoms with van der Waals surface area (Å²) in [5.74, 6) is -0.187. The molecule has 1 N–H and O–H groups in total. The van der Waals surface area contributed by atoms with Crippen molar-refractivity contribution in [2.75, 3.05) is 5.32 Å². The maximum absolute atomic E-state index is 12.0. The quantitative estimate of drug-likeness (QED) is 0.911. The van der Waals surface area contributed by atoms with Gasteiger partial charge in [0.15, 0.2) is 0 Å². The van der Waals surface area contributed by atoms with Crippen LogP contribution in [0.2, 0.25) is 0 Å². The zero-order valence-corrected chi connectivity index (χ0v) is 11.9. The number of benzene rings is 1. The number of carbonyl (C=O) groups is 1. The number of nitrogens with zero attached hydrogens (tertiary/aromatic N) is 1. The van der Waals surface area contributed by atoms with Gasteiger partial charge in [0.1, 0.15) is 6.07 Å². The Morgan fingerprint density at radius 2 is 2.22 bits per heavy atom. The van der Waals surface area contributed by atoms with Crippen LogP contribution in [0, 0.1) is 18.3 Å². The highest BCUT2D eigenvalue weighted by molar-refractivity contribution is 9.10. The van der Waals surface area contributed by atoms with Gasteiger partial charge in [0.05, 0.1) is 16.8 Å². The van der Waals surface area contributed by atoms with Gasteiger partial charge in [-0.3, -0.25) is 4.79 Å². The molecule has 0 aliphatic carbocycles. The average molecular weight is 321 g/mol. The Hall–Kier alpha value is -1.64. The lowest BCUT2D eigenvalue weighted by Gasteiger charge is -2.07. The van der Waals surface area contributed by atoms with Crippen LogP contribution in [-0.4, -0.2) is 5.91 Å². The molecule has 0 bridgehead atoms. The average Bonchev–Trinajstić information content (AvgIpc) is 2.77. The summed E-state index contributed by atoms with van der Waals surface area (Å²) in [4.78, 5) is 12.0. The van der Waals surface area contributed by atoms with E-state index in [0.717, 1.165) is 10.0 Å². The van der Waals surface area contributed by atoms with Gasteiger partial charge in [-0.15, -0.1) is 0 Å². The summed E-state index contributed by atoms with van der Waals surface area (Å²) >= 11 is 4.78. The molecular formula is C13H9BrN2OS. The molecule has 90 valence electrons. The first kappa shape index (κ1) is 12.8. The minimum absolute atomic E-state index is 0.187. The van der Waals surface area contributed by atoms with Crippen LogP contribution >= 0.6 is 27.3 Å².